The number of thiocarbonyl (C=S) groups is 1. The molecule has 0 saturated carbocycles. The molecule has 5 heteroatoms. The van der Waals surface area contributed by atoms with Gasteiger partial charge < -0.3 is 10.6 Å². The van der Waals surface area contributed by atoms with Crippen LogP contribution in [0, 0.1) is 11.6 Å². The summed E-state index contributed by atoms with van der Waals surface area (Å²) in [5.41, 5.74) is 7.45. The molecule has 2 nitrogen and oxygen atoms in total. The fraction of sp³-hybridized carbons (Fsp3) is 0.133. The van der Waals surface area contributed by atoms with Crippen LogP contribution < -0.4 is 10.6 Å². The Labute approximate surface area is 121 Å². The molecule has 0 saturated heterocycles. The summed E-state index contributed by atoms with van der Waals surface area (Å²) < 4.78 is 26.8. The second kappa shape index (κ2) is 5.96. The minimum atomic E-state index is -0.452. The smallest absolute Gasteiger partial charge is 0.128 e. The number of nitrogens with two attached hydrogens (primary N) is 1. The first-order chi connectivity index (χ1) is 9.47. The van der Waals surface area contributed by atoms with Gasteiger partial charge in [-0.3, -0.25) is 0 Å². The van der Waals surface area contributed by atoms with E-state index < -0.39 is 11.6 Å². The lowest BCUT2D eigenvalue weighted by Gasteiger charge is -2.20. The third-order valence-corrected chi connectivity index (χ3v) is 3.22. The summed E-state index contributed by atoms with van der Waals surface area (Å²) >= 11 is 4.93. The molecule has 0 atom stereocenters. The summed E-state index contributed by atoms with van der Waals surface area (Å²) in [6.45, 7) is 0.254. The van der Waals surface area contributed by atoms with Gasteiger partial charge in [-0.25, -0.2) is 8.78 Å². The summed E-state index contributed by atoms with van der Waals surface area (Å²) in [5, 5.41) is 0. The number of anilines is 1. The molecule has 0 amide bonds. The van der Waals surface area contributed by atoms with Gasteiger partial charge in [-0.1, -0.05) is 24.4 Å². The van der Waals surface area contributed by atoms with Crippen LogP contribution >= 0.6 is 12.2 Å². The fourth-order valence-electron chi connectivity index (χ4n) is 1.91. The van der Waals surface area contributed by atoms with Gasteiger partial charge in [-0.05, 0) is 30.3 Å². The Hall–Kier alpha value is -2.01. The average Bonchev–Trinajstić information content (AvgIpc) is 2.43. The number of halogens is 2. The summed E-state index contributed by atoms with van der Waals surface area (Å²) in [5.74, 6) is -0.879. The van der Waals surface area contributed by atoms with Crippen molar-refractivity contribution in [2.24, 2.45) is 5.73 Å². The predicted molar refractivity (Wildman–Crippen MR) is 80.8 cm³/mol. The molecule has 0 unspecified atom stereocenters. The number of hydrogen-bond donors (Lipinski definition) is 1. The molecular weight excluding hydrogens is 278 g/mol. The summed E-state index contributed by atoms with van der Waals surface area (Å²) in [6.07, 6.45) is 0. The van der Waals surface area contributed by atoms with Crippen molar-refractivity contribution >= 4 is 22.9 Å². The van der Waals surface area contributed by atoms with Gasteiger partial charge in [0.05, 0.1) is 0 Å². The second-order valence-electron chi connectivity index (χ2n) is 4.51. The summed E-state index contributed by atoms with van der Waals surface area (Å²) in [4.78, 5) is 2.11. The van der Waals surface area contributed by atoms with E-state index in [1.165, 1.54) is 6.07 Å². The Balaban J connectivity index is 2.23. The molecule has 0 radical (unpaired) electrons. The van der Waals surface area contributed by atoms with Gasteiger partial charge in [-0.15, -0.1) is 0 Å². The van der Waals surface area contributed by atoms with Crippen molar-refractivity contribution < 1.29 is 8.78 Å². The molecule has 20 heavy (non-hydrogen) atoms. The minimum Gasteiger partial charge on any atom is -0.389 e. The van der Waals surface area contributed by atoms with Gasteiger partial charge >= 0.3 is 0 Å². The molecule has 2 aromatic rings. The maximum absolute atomic E-state index is 13.6. The Morgan fingerprint density at radius 2 is 1.95 bits per heavy atom. The summed E-state index contributed by atoms with van der Waals surface area (Å²) in [6, 6.07) is 10.7. The molecule has 0 aliphatic carbocycles. The fourth-order valence-corrected chi connectivity index (χ4v) is 2.03. The highest BCUT2D eigenvalue weighted by Crippen LogP contribution is 2.19. The molecule has 0 fully saturated rings. The van der Waals surface area contributed by atoms with E-state index in [1.807, 2.05) is 24.3 Å². The van der Waals surface area contributed by atoms with Crippen LogP contribution in [0.3, 0.4) is 0 Å². The topological polar surface area (TPSA) is 29.3 Å². The van der Waals surface area contributed by atoms with E-state index in [0.29, 0.717) is 10.6 Å². The molecule has 0 heterocycles. The Bertz CT molecular complexity index is 644. The monoisotopic (exact) mass is 292 g/mol. The van der Waals surface area contributed by atoms with Gasteiger partial charge in [0.25, 0.3) is 0 Å². The van der Waals surface area contributed by atoms with Crippen LogP contribution in [0.15, 0.2) is 42.5 Å². The Morgan fingerprint density at radius 3 is 2.65 bits per heavy atom. The van der Waals surface area contributed by atoms with Gasteiger partial charge in [0.2, 0.25) is 0 Å². The molecular formula is C15H14F2N2S. The molecule has 0 spiro atoms. The zero-order valence-corrected chi connectivity index (χ0v) is 11.8. The SMILES string of the molecule is CN(Cc1cc(F)ccc1F)c1cccc(C(N)=S)c1. The molecule has 0 aliphatic rings. The zero-order chi connectivity index (χ0) is 14.7. The molecule has 2 rings (SSSR count). The van der Waals surface area contributed by atoms with E-state index in [0.717, 1.165) is 23.4 Å². The van der Waals surface area contributed by atoms with Crippen molar-refractivity contribution in [2.75, 3.05) is 11.9 Å². The first kappa shape index (κ1) is 14.4. The molecule has 104 valence electrons. The number of nitrogens with zero attached hydrogens (tertiary/aromatic N) is 1. The minimum absolute atomic E-state index is 0.254. The first-order valence-corrected chi connectivity index (χ1v) is 6.43. The maximum Gasteiger partial charge on any atom is 0.128 e. The van der Waals surface area contributed by atoms with E-state index >= 15 is 0 Å². The van der Waals surface area contributed by atoms with Gasteiger partial charge in [0, 0.05) is 30.4 Å². The van der Waals surface area contributed by atoms with Gasteiger partial charge in [-0.2, -0.15) is 0 Å². The maximum atomic E-state index is 13.6. The highest BCUT2D eigenvalue weighted by atomic mass is 32.1. The third kappa shape index (κ3) is 3.30. The van der Waals surface area contributed by atoms with Crippen LogP contribution in [0.1, 0.15) is 11.1 Å². The molecule has 2 aromatic carbocycles. The first-order valence-electron chi connectivity index (χ1n) is 6.02. The van der Waals surface area contributed by atoms with Crippen LogP contribution in [-0.2, 0) is 6.54 Å². The van der Waals surface area contributed by atoms with Crippen molar-refractivity contribution in [1.82, 2.24) is 0 Å². The Kier molecular flexibility index (Phi) is 4.29. The van der Waals surface area contributed by atoms with Crippen LogP contribution in [-0.4, -0.2) is 12.0 Å². The number of benzene rings is 2. The van der Waals surface area contributed by atoms with E-state index in [9.17, 15) is 8.78 Å². The molecule has 0 aliphatic heterocycles. The second-order valence-corrected chi connectivity index (χ2v) is 4.95. The van der Waals surface area contributed by atoms with E-state index in [-0.39, 0.29) is 6.54 Å². The van der Waals surface area contributed by atoms with Crippen LogP contribution in [0.4, 0.5) is 14.5 Å². The van der Waals surface area contributed by atoms with Gasteiger partial charge in [0.15, 0.2) is 0 Å². The summed E-state index contributed by atoms with van der Waals surface area (Å²) in [7, 11) is 1.79. The van der Waals surface area contributed by atoms with Crippen molar-refractivity contribution in [3.63, 3.8) is 0 Å². The number of rotatable bonds is 4. The van der Waals surface area contributed by atoms with Gasteiger partial charge in [0.1, 0.15) is 16.6 Å². The van der Waals surface area contributed by atoms with Crippen molar-refractivity contribution in [2.45, 2.75) is 6.54 Å². The van der Waals surface area contributed by atoms with Crippen LogP contribution in [0.2, 0.25) is 0 Å². The molecule has 0 bridgehead atoms. The largest absolute Gasteiger partial charge is 0.389 e. The van der Waals surface area contributed by atoms with Crippen LogP contribution in [0.5, 0.6) is 0 Å². The zero-order valence-electron chi connectivity index (χ0n) is 10.9. The van der Waals surface area contributed by atoms with E-state index in [1.54, 1.807) is 11.9 Å². The lowest BCUT2D eigenvalue weighted by atomic mass is 10.1. The highest BCUT2D eigenvalue weighted by molar-refractivity contribution is 7.80. The lowest BCUT2D eigenvalue weighted by molar-refractivity contribution is 0.583. The Morgan fingerprint density at radius 1 is 1.20 bits per heavy atom. The van der Waals surface area contributed by atoms with E-state index in [4.69, 9.17) is 18.0 Å². The van der Waals surface area contributed by atoms with Crippen LogP contribution in [0.25, 0.3) is 0 Å². The van der Waals surface area contributed by atoms with E-state index in [2.05, 4.69) is 0 Å². The quantitative estimate of drug-likeness (QED) is 0.877. The molecule has 0 aromatic heterocycles. The normalized spacial score (nSPS) is 10.3. The highest BCUT2D eigenvalue weighted by Gasteiger charge is 2.09. The third-order valence-electron chi connectivity index (χ3n) is 2.99. The number of hydrogen-bond acceptors (Lipinski definition) is 2. The lowest BCUT2D eigenvalue weighted by Crippen LogP contribution is -2.18. The van der Waals surface area contributed by atoms with Crippen molar-refractivity contribution in [3.8, 4) is 0 Å². The average molecular weight is 292 g/mol. The predicted octanol–water partition coefficient (Wildman–Crippen LogP) is 3.24. The standard InChI is InChI=1S/C15H14F2N2S/c1-19(9-11-7-12(16)5-6-14(11)17)13-4-2-3-10(8-13)15(18)20/h2-8H,9H2,1H3,(H2,18,20). The van der Waals surface area contributed by atoms with Crippen molar-refractivity contribution in [1.29, 1.82) is 0 Å². The molecule has 2 N–H and O–H groups in total. The van der Waals surface area contributed by atoms with Crippen molar-refractivity contribution in [3.05, 3.63) is 65.2 Å².